The number of rotatable bonds is 1. The third-order valence-electron chi connectivity index (χ3n) is 2.98. The van der Waals surface area contributed by atoms with Crippen molar-refractivity contribution in [2.45, 2.75) is 6.10 Å². The summed E-state index contributed by atoms with van der Waals surface area (Å²) < 4.78 is 5.67. The van der Waals surface area contributed by atoms with Crippen LogP contribution < -0.4 is 16.2 Å². The summed E-state index contributed by atoms with van der Waals surface area (Å²) in [5, 5.41) is 2.38. The largest absolute Gasteiger partial charge is 0.489 e. The molecule has 0 amide bonds. The SMILES string of the molecule is NCC1=CC2=c3ccccc3=COC2C=C1. The average molecular weight is 211 g/mol. The minimum Gasteiger partial charge on any atom is -0.489 e. The van der Waals surface area contributed by atoms with Gasteiger partial charge in [-0.25, -0.2) is 0 Å². The monoisotopic (exact) mass is 211 g/mol. The molecule has 2 nitrogen and oxygen atoms in total. The lowest BCUT2D eigenvalue weighted by Crippen LogP contribution is -2.35. The van der Waals surface area contributed by atoms with Gasteiger partial charge in [-0.05, 0) is 22.9 Å². The Balaban J connectivity index is 2.30. The van der Waals surface area contributed by atoms with Crippen LogP contribution >= 0.6 is 0 Å². The van der Waals surface area contributed by atoms with Crippen molar-refractivity contribution in [2.24, 2.45) is 5.73 Å². The van der Waals surface area contributed by atoms with E-state index in [0.717, 1.165) is 10.8 Å². The third kappa shape index (κ3) is 1.39. The van der Waals surface area contributed by atoms with Crippen molar-refractivity contribution in [3.05, 3.63) is 58.5 Å². The van der Waals surface area contributed by atoms with Gasteiger partial charge >= 0.3 is 0 Å². The standard InChI is InChI=1S/C14H13NO/c15-8-10-5-6-14-13(7-10)12-4-2-1-3-11(12)9-16-14/h1-7,9,14H,8,15H2. The van der Waals surface area contributed by atoms with Gasteiger partial charge in [0, 0.05) is 17.3 Å². The zero-order chi connectivity index (χ0) is 11.0. The molecule has 1 aromatic carbocycles. The van der Waals surface area contributed by atoms with Gasteiger partial charge in [0.2, 0.25) is 0 Å². The van der Waals surface area contributed by atoms with Crippen molar-refractivity contribution in [1.29, 1.82) is 0 Å². The Morgan fingerprint density at radius 3 is 3.00 bits per heavy atom. The second-order valence-corrected chi connectivity index (χ2v) is 4.00. The van der Waals surface area contributed by atoms with Crippen LogP contribution in [-0.4, -0.2) is 12.6 Å². The second kappa shape index (κ2) is 3.65. The molecule has 1 unspecified atom stereocenters. The van der Waals surface area contributed by atoms with E-state index in [2.05, 4.69) is 30.4 Å². The molecule has 0 bridgehead atoms. The van der Waals surface area contributed by atoms with Gasteiger partial charge in [-0.1, -0.05) is 30.3 Å². The molecule has 2 N–H and O–H groups in total. The van der Waals surface area contributed by atoms with Gasteiger partial charge in [0.25, 0.3) is 0 Å². The third-order valence-corrected chi connectivity index (χ3v) is 2.98. The number of nitrogens with two attached hydrogens (primary N) is 1. The van der Waals surface area contributed by atoms with Gasteiger partial charge in [0.05, 0.1) is 6.26 Å². The highest BCUT2D eigenvalue weighted by molar-refractivity contribution is 5.69. The van der Waals surface area contributed by atoms with Crippen molar-refractivity contribution in [2.75, 3.05) is 6.54 Å². The molecule has 0 saturated carbocycles. The fourth-order valence-electron chi connectivity index (χ4n) is 2.13. The first-order valence-corrected chi connectivity index (χ1v) is 5.42. The molecule has 2 heteroatoms. The minimum absolute atomic E-state index is 0.0465. The summed E-state index contributed by atoms with van der Waals surface area (Å²) in [7, 11) is 0. The van der Waals surface area contributed by atoms with E-state index < -0.39 is 0 Å². The first kappa shape index (κ1) is 9.43. The van der Waals surface area contributed by atoms with Crippen LogP contribution in [0.5, 0.6) is 0 Å². The number of hydrogen-bond acceptors (Lipinski definition) is 2. The Kier molecular flexibility index (Phi) is 2.15. The topological polar surface area (TPSA) is 35.2 Å². The van der Waals surface area contributed by atoms with E-state index in [1.807, 2.05) is 18.4 Å². The fourth-order valence-corrected chi connectivity index (χ4v) is 2.13. The molecule has 2 aliphatic rings. The highest BCUT2D eigenvalue weighted by atomic mass is 16.5. The highest BCUT2D eigenvalue weighted by Gasteiger charge is 2.17. The zero-order valence-corrected chi connectivity index (χ0v) is 8.89. The Morgan fingerprint density at radius 2 is 2.12 bits per heavy atom. The van der Waals surface area contributed by atoms with E-state index in [-0.39, 0.29) is 6.10 Å². The molecule has 1 heterocycles. The van der Waals surface area contributed by atoms with Crippen LogP contribution in [0.2, 0.25) is 0 Å². The number of benzene rings is 1. The molecule has 0 saturated heterocycles. The number of hydrogen-bond donors (Lipinski definition) is 1. The molecule has 0 radical (unpaired) electrons. The van der Waals surface area contributed by atoms with E-state index in [1.165, 1.54) is 10.8 Å². The van der Waals surface area contributed by atoms with E-state index in [1.54, 1.807) is 0 Å². The Labute approximate surface area is 94.0 Å². The van der Waals surface area contributed by atoms with Crippen molar-refractivity contribution in [3.63, 3.8) is 0 Å². The quantitative estimate of drug-likeness (QED) is 0.731. The van der Waals surface area contributed by atoms with Crippen LogP contribution in [0.25, 0.3) is 11.8 Å². The molecule has 0 fully saturated rings. The molecule has 1 aliphatic heterocycles. The summed E-state index contributed by atoms with van der Waals surface area (Å²) in [5.41, 5.74) is 8.02. The molecule has 1 aromatic rings. The zero-order valence-electron chi connectivity index (χ0n) is 8.89. The normalized spacial score (nSPS) is 21.4. The molecule has 3 rings (SSSR count). The number of fused-ring (bicyclic) bond motifs is 2. The van der Waals surface area contributed by atoms with E-state index in [4.69, 9.17) is 10.5 Å². The number of ether oxygens (including phenoxy) is 1. The molecular weight excluding hydrogens is 198 g/mol. The summed E-state index contributed by atoms with van der Waals surface area (Å²) in [6, 6.07) is 8.26. The Morgan fingerprint density at radius 1 is 1.25 bits per heavy atom. The minimum atomic E-state index is 0.0465. The summed E-state index contributed by atoms with van der Waals surface area (Å²) in [4.78, 5) is 0. The lowest BCUT2D eigenvalue weighted by molar-refractivity contribution is 0.275. The molecule has 16 heavy (non-hydrogen) atoms. The van der Waals surface area contributed by atoms with Crippen LogP contribution in [0.3, 0.4) is 0 Å². The van der Waals surface area contributed by atoms with Crippen LogP contribution in [-0.2, 0) is 4.74 Å². The lowest BCUT2D eigenvalue weighted by atomic mass is 9.95. The molecule has 1 atom stereocenters. The average Bonchev–Trinajstić information content (AvgIpc) is 2.38. The molecule has 0 aromatic heterocycles. The molecule has 80 valence electrons. The lowest BCUT2D eigenvalue weighted by Gasteiger charge is -2.22. The van der Waals surface area contributed by atoms with Crippen molar-refractivity contribution < 1.29 is 4.74 Å². The molecule has 0 spiro atoms. The predicted molar refractivity (Wildman–Crippen MR) is 64.7 cm³/mol. The summed E-state index contributed by atoms with van der Waals surface area (Å²) in [5.74, 6) is 0. The van der Waals surface area contributed by atoms with Gasteiger partial charge in [-0.2, -0.15) is 0 Å². The smallest absolute Gasteiger partial charge is 0.142 e. The Bertz CT molecular complexity index is 595. The van der Waals surface area contributed by atoms with Gasteiger partial charge in [0.1, 0.15) is 6.10 Å². The van der Waals surface area contributed by atoms with Crippen molar-refractivity contribution in [3.8, 4) is 0 Å². The van der Waals surface area contributed by atoms with Crippen LogP contribution in [0, 0.1) is 0 Å². The summed E-state index contributed by atoms with van der Waals surface area (Å²) in [6.07, 6.45) is 8.11. The maximum atomic E-state index is 5.67. The van der Waals surface area contributed by atoms with E-state index in [0.29, 0.717) is 6.54 Å². The first-order chi connectivity index (χ1) is 7.88. The van der Waals surface area contributed by atoms with Gasteiger partial charge in [-0.15, -0.1) is 0 Å². The van der Waals surface area contributed by atoms with Crippen LogP contribution in [0.4, 0.5) is 0 Å². The Hall–Kier alpha value is -1.80. The van der Waals surface area contributed by atoms with E-state index >= 15 is 0 Å². The van der Waals surface area contributed by atoms with E-state index in [9.17, 15) is 0 Å². The molecule has 1 aliphatic carbocycles. The van der Waals surface area contributed by atoms with Gasteiger partial charge < -0.3 is 10.5 Å². The molecular formula is C14H13NO. The van der Waals surface area contributed by atoms with Crippen molar-refractivity contribution in [1.82, 2.24) is 0 Å². The first-order valence-electron chi connectivity index (χ1n) is 5.42. The van der Waals surface area contributed by atoms with Gasteiger partial charge in [-0.3, -0.25) is 0 Å². The predicted octanol–water partition coefficient (Wildman–Crippen LogP) is 0.429. The maximum Gasteiger partial charge on any atom is 0.142 e. The summed E-state index contributed by atoms with van der Waals surface area (Å²) in [6.45, 7) is 0.568. The van der Waals surface area contributed by atoms with Gasteiger partial charge in [0.15, 0.2) is 0 Å². The highest BCUT2D eigenvalue weighted by Crippen LogP contribution is 2.20. The maximum absolute atomic E-state index is 5.67. The van der Waals surface area contributed by atoms with Crippen LogP contribution in [0.1, 0.15) is 0 Å². The summed E-state index contributed by atoms with van der Waals surface area (Å²) >= 11 is 0. The van der Waals surface area contributed by atoms with Crippen LogP contribution in [0.15, 0.2) is 48.1 Å². The fraction of sp³-hybridized carbons (Fsp3) is 0.143. The second-order valence-electron chi connectivity index (χ2n) is 4.00. The van der Waals surface area contributed by atoms with Crippen molar-refractivity contribution >= 4 is 11.8 Å².